The summed E-state index contributed by atoms with van der Waals surface area (Å²) in [5.74, 6) is -0.0321. The highest BCUT2D eigenvalue weighted by molar-refractivity contribution is 5.97. The number of ketones is 1. The van der Waals surface area contributed by atoms with Crippen LogP contribution in [0.3, 0.4) is 0 Å². The van der Waals surface area contributed by atoms with E-state index in [9.17, 15) is 14.9 Å². The molecule has 0 amide bonds. The minimum atomic E-state index is -0.474. The molecule has 1 aliphatic rings. The number of non-ortho nitro benzene ring substituents is 1. The van der Waals surface area contributed by atoms with Gasteiger partial charge < -0.3 is 5.32 Å². The van der Waals surface area contributed by atoms with Gasteiger partial charge in [0.15, 0.2) is 5.78 Å². The maximum atomic E-state index is 12.1. The first-order valence-corrected chi connectivity index (χ1v) is 6.60. The van der Waals surface area contributed by atoms with E-state index in [1.807, 2.05) is 0 Å². The molecule has 0 aromatic heterocycles. The van der Waals surface area contributed by atoms with Crippen LogP contribution in [0.4, 0.5) is 5.69 Å². The number of nitrogens with one attached hydrogen (secondary N) is 1. The molecule has 1 N–H and O–H groups in total. The second kappa shape index (κ2) is 5.93. The summed E-state index contributed by atoms with van der Waals surface area (Å²) >= 11 is 0. The standard InChI is InChI=1S/C14H18N2O3/c1-10-4-2-6-12(15-10)9-14(17)11-5-3-7-13(8-11)16(18)19/h3,5,7-8,10,12,15H,2,4,6,9H2,1H3. The second-order valence-corrected chi connectivity index (χ2v) is 5.13. The lowest BCUT2D eigenvalue weighted by Crippen LogP contribution is -2.41. The smallest absolute Gasteiger partial charge is 0.270 e. The first-order valence-electron chi connectivity index (χ1n) is 6.60. The predicted molar refractivity (Wildman–Crippen MR) is 72.3 cm³/mol. The third kappa shape index (κ3) is 3.61. The van der Waals surface area contributed by atoms with Crippen molar-refractivity contribution >= 4 is 11.5 Å². The van der Waals surface area contributed by atoms with Crippen molar-refractivity contribution in [2.24, 2.45) is 0 Å². The second-order valence-electron chi connectivity index (χ2n) is 5.13. The van der Waals surface area contributed by atoms with Gasteiger partial charge in [-0.25, -0.2) is 0 Å². The first kappa shape index (κ1) is 13.7. The minimum Gasteiger partial charge on any atom is -0.311 e. The van der Waals surface area contributed by atoms with E-state index in [1.165, 1.54) is 12.1 Å². The Morgan fingerprint density at radius 3 is 2.95 bits per heavy atom. The van der Waals surface area contributed by atoms with Crippen LogP contribution in [-0.4, -0.2) is 22.8 Å². The number of hydrogen-bond acceptors (Lipinski definition) is 4. The van der Waals surface area contributed by atoms with E-state index in [1.54, 1.807) is 12.1 Å². The SMILES string of the molecule is CC1CCCC(CC(=O)c2cccc([N+](=O)[O-])c2)N1. The summed E-state index contributed by atoms with van der Waals surface area (Å²) in [5, 5.41) is 14.1. The maximum Gasteiger partial charge on any atom is 0.270 e. The molecule has 1 fully saturated rings. The molecule has 1 aliphatic heterocycles. The lowest BCUT2D eigenvalue weighted by molar-refractivity contribution is -0.384. The Labute approximate surface area is 112 Å². The predicted octanol–water partition coefficient (Wildman–Crippen LogP) is 2.70. The maximum absolute atomic E-state index is 12.1. The molecule has 0 radical (unpaired) electrons. The van der Waals surface area contributed by atoms with E-state index in [2.05, 4.69) is 12.2 Å². The Kier molecular flexibility index (Phi) is 4.27. The van der Waals surface area contributed by atoms with Gasteiger partial charge in [-0.2, -0.15) is 0 Å². The first-order chi connectivity index (χ1) is 9.06. The molecule has 5 nitrogen and oxygen atoms in total. The van der Waals surface area contributed by atoms with Gasteiger partial charge in [0.05, 0.1) is 4.92 Å². The quantitative estimate of drug-likeness (QED) is 0.514. The third-order valence-electron chi connectivity index (χ3n) is 3.52. The van der Waals surface area contributed by atoms with Gasteiger partial charge in [-0.1, -0.05) is 18.6 Å². The van der Waals surface area contributed by atoms with Gasteiger partial charge in [-0.05, 0) is 19.8 Å². The molecule has 102 valence electrons. The van der Waals surface area contributed by atoms with Crippen molar-refractivity contribution in [3.05, 3.63) is 39.9 Å². The van der Waals surface area contributed by atoms with Crippen LogP contribution in [0.25, 0.3) is 0 Å². The average molecular weight is 262 g/mol. The lowest BCUT2D eigenvalue weighted by atomic mass is 9.94. The Morgan fingerprint density at radius 2 is 2.26 bits per heavy atom. The summed E-state index contributed by atoms with van der Waals surface area (Å²) in [6.07, 6.45) is 3.67. The number of carbonyl (C=O) groups excluding carboxylic acids is 1. The monoisotopic (exact) mass is 262 g/mol. The van der Waals surface area contributed by atoms with Gasteiger partial charge >= 0.3 is 0 Å². The number of Topliss-reactive ketones (excluding diaryl/α,β-unsaturated/α-hetero) is 1. The molecule has 1 aromatic rings. The molecule has 0 bridgehead atoms. The molecule has 2 atom stereocenters. The summed E-state index contributed by atoms with van der Waals surface area (Å²) in [6, 6.07) is 6.59. The Morgan fingerprint density at radius 1 is 1.47 bits per heavy atom. The highest BCUT2D eigenvalue weighted by Crippen LogP contribution is 2.19. The fourth-order valence-electron chi connectivity index (χ4n) is 2.54. The van der Waals surface area contributed by atoms with Gasteiger partial charge in [0.2, 0.25) is 0 Å². The molecule has 0 aliphatic carbocycles. The molecule has 5 heteroatoms. The van der Waals surface area contributed by atoms with Crippen LogP contribution >= 0.6 is 0 Å². The molecule has 0 spiro atoms. The highest BCUT2D eigenvalue weighted by atomic mass is 16.6. The summed E-state index contributed by atoms with van der Waals surface area (Å²) < 4.78 is 0. The molecular weight excluding hydrogens is 244 g/mol. The van der Waals surface area contributed by atoms with Crippen LogP contribution in [0.2, 0.25) is 0 Å². The molecule has 1 heterocycles. The van der Waals surface area contributed by atoms with Crippen LogP contribution < -0.4 is 5.32 Å². The van der Waals surface area contributed by atoms with Crippen molar-refractivity contribution in [3.8, 4) is 0 Å². The van der Waals surface area contributed by atoms with E-state index in [0.29, 0.717) is 18.0 Å². The van der Waals surface area contributed by atoms with Gasteiger partial charge in [-0.15, -0.1) is 0 Å². The largest absolute Gasteiger partial charge is 0.311 e. The number of nitro benzene ring substituents is 1. The van der Waals surface area contributed by atoms with Gasteiger partial charge in [0, 0.05) is 36.2 Å². The third-order valence-corrected chi connectivity index (χ3v) is 3.52. The number of carbonyl (C=O) groups is 1. The number of hydrogen-bond donors (Lipinski definition) is 1. The fraction of sp³-hybridized carbons (Fsp3) is 0.500. The van der Waals surface area contributed by atoms with Crippen molar-refractivity contribution in [2.75, 3.05) is 0 Å². The lowest BCUT2D eigenvalue weighted by Gasteiger charge is -2.28. The molecule has 2 unspecified atom stereocenters. The number of benzene rings is 1. The van der Waals surface area contributed by atoms with Gasteiger partial charge in [0.25, 0.3) is 5.69 Å². The van der Waals surface area contributed by atoms with E-state index < -0.39 is 4.92 Å². The zero-order valence-electron chi connectivity index (χ0n) is 11.0. The summed E-state index contributed by atoms with van der Waals surface area (Å²) in [5.41, 5.74) is 0.394. The zero-order valence-corrected chi connectivity index (χ0v) is 11.0. The van der Waals surface area contributed by atoms with E-state index in [0.717, 1.165) is 19.3 Å². The van der Waals surface area contributed by atoms with Crippen molar-refractivity contribution < 1.29 is 9.72 Å². The molecule has 19 heavy (non-hydrogen) atoms. The molecule has 1 aromatic carbocycles. The van der Waals surface area contributed by atoms with E-state index in [-0.39, 0.29) is 17.5 Å². The summed E-state index contributed by atoms with van der Waals surface area (Å²) in [7, 11) is 0. The van der Waals surface area contributed by atoms with Crippen LogP contribution in [0, 0.1) is 10.1 Å². The molecular formula is C14H18N2O3. The summed E-state index contributed by atoms with van der Waals surface area (Å²) in [4.78, 5) is 22.3. The number of rotatable bonds is 4. The normalized spacial score (nSPS) is 23.0. The van der Waals surface area contributed by atoms with E-state index >= 15 is 0 Å². The molecule has 2 rings (SSSR count). The van der Waals surface area contributed by atoms with Gasteiger partial charge in [0.1, 0.15) is 0 Å². The molecule has 0 saturated carbocycles. The van der Waals surface area contributed by atoms with Crippen molar-refractivity contribution in [2.45, 2.75) is 44.7 Å². The zero-order chi connectivity index (χ0) is 13.8. The van der Waals surface area contributed by atoms with E-state index in [4.69, 9.17) is 0 Å². The van der Waals surface area contributed by atoms with Crippen molar-refractivity contribution in [1.82, 2.24) is 5.32 Å². The fourth-order valence-corrected chi connectivity index (χ4v) is 2.54. The van der Waals surface area contributed by atoms with Crippen molar-refractivity contribution in [3.63, 3.8) is 0 Å². The highest BCUT2D eigenvalue weighted by Gasteiger charge is 2.21. The Bertz CT molecular complexity index is 487. The van der Waals surface area contributed by atoms with Crippen LogP contribution in [0.5, 0.6) is 0 Å². The van der Waals surface area contributed by atoms with Crippen LogP contribution in [0.1, 0.15) is 43.0 Å². The van der Waals surface area contributed by atoms with Gasteiger partial charge in [-0.3, -0.25) is 14.9 Å². The Balaban J connectivity index is 2.03. The van der Waals surface area contributed by atoms with Crippen molar-refractivity contribution in [1.29, 1.82) is 0 Å². The average Bonchev–Trinajstić information content (AvgIpc) is 2.39. The Hall–Kier alpha value is -1.75. The summed E-state index contributed by atoms with van der Waals surface area (Å²) in [6.45, 7) is 2.12. The number of nitro groups is 1. The molecule has 1 saturated heterocycles. The topological polar surface area (TPSA) is 72.2 Å². The van der Waals surface area contributed by atoms with Crippen LogP contribution in [0.15, 0.2) is 24.3 Å². The number of piperidine rings is 1. The number of nitrogens with zero attached hydrogens (tertiary/aromatic N) is 1. The van der Waals surface area contributed by atoms with Crippen LogP contribution in [-0.2, 0) is 0 Å². The minimum absolute atomic E-state index is 0.0316.